The van der Waals surface area contributed by atoms with Crippen LogP contribution in [-0.4, -0.2) is 24.4 Å². The first-order valence-electron chi connectivity index (χ1n) is 7.78. The number of aliphatic hydroxyl groups is 1. The SMILES string of the molecule is CCOC1(C(O)c2cc(Cl)ccc2OC)CCCCCC1. The van der Waals surface area contributed by atoms with Gasteiger partial charge in [0.15, 0.2) is 0 Å². The van der Waals surface area contributed by atoms with Crippen LogP contribution in [0.15, 0.2) is 18.2 Å². The average molecular weight is 313 g/mol. The summed E-state index contributed by atoms with van der Waals surface area (Å²) in [6.45, 7) is 2.58. The summed E-state index contributed by atoms with van der Waals surface area (Å²) < 4.78 is 11.4. The number of methoxy groups -OCH3 is 1. The van der Waals surface area contributed by atoms with Crippen molar-refractivity contribution >= 4 is 11.6 Å². The molecule has 118 valence electrons. The molecule has 1 fully saturated rings. The number of ether oxygens (including phenoxy) is 2. The van der Waals surface area contributed by atoms with Crippen LogP contribution in [0.25, 0.3) is 0 Å². The molecular formula is C17H25ClO3. The van der Waals surface area contributed by atoms with Gasteiger partial charge in [0, 0.05) is 17.2 Å². The third-order valence-corrected chi connectivity index (χ3v) is 4.60. The largest absolute Gasteiger partial charge is 0.496 e. The van der Waals surface area contributed by atoms with Crippen LogP contribution in [0.4, 0.5) is 0 Å². The van der Waals surface area contributed by atoms with Gasteiger partial charge in [-0.2, -0.15) is 0 Å². The van der Waals surface area contributed by atoms with Crippen molar-refractivity contribution in [3.8, 4) is 5.75 Å². The molecular weight excluding hydrogens is 288 g/mol. The van der Waals surface area contributed by atoms with Crippen LogP contribution in [0.2, 0.25) is 5.02 Å². The Morgan fingerprint density at radius 1 is 1.24 bits per heavy atom. The molecule has 1 aliphatic carbocycles. The second kappa shape index (κ2) is 7.48. The zero-order valence-corrected chi connectivity index (χ0v) is 13.7. The molecule has 0 radical (unpaired) electrons. The fraction of sp³-hybridized carbons (Fsp3) is 0.647. The molecule has 0 aliphatic heterocycles. The lowest BCUT2D eigenvalue weighted by Gasteiger charge is -2.38. The summed E-state index contributed by atoms with van der Waals surface area (Å²) in [6, 6.07) is 5.37. The minimum atomic E-state index is -0.718. The minimum Gasteiger partial charge on any atom is -0.496 e. The zero-order chi connectivity index (χ0) is 15.3. The molecule has 0 spiro atoms. The van der Waals surface area contributed by atoms with Crippen LogP contribution in [-0.2, 0) is 4.74 Å². The molecule has 4 heteroatoms. The van der Waals surface area contributed by atoms with E-state index in [1.807, 2.05) is 6.92 Å². The lowest BCUT2D eigenvalue weighted by Crippen LogP contribution is -2.39. The van der Waals surface area contributed by atoms with Gasteiger partial charge in [0.05, 0.1) is 12.7 Å². The normalized spacial score (nSPS) is 19.8. The molecule has 1 aromatic rings. The maximum absolute atomic E-state index is 11.0. The van der Waals surface area contributed by atoms with Gasteiger partial charge in [0.25, 0.3) is 0 Å². The van der Waals surface area contributed by atoms with Gasteiger partial charge in [-0.25, -0.2) is 0 Å². The lowest BCUT2D eigenvalue weighted by molar-refractivity contribution is -0.131. The molecule has 1 unspecified atom stereocenters. The first-order chi connectivity index (χ1) is 10.1. The number of halogens is 1. The van der Waals surface area contributed by atoms with Crippen LogP contribution in [0, 0.1) is 0 Å². The lowest BCUT2D eigenvalue weighted by atomic mass is 9.84. The van der Waals surface area contributed by atoms with Gasteiger partial charge in [-0.15, -0.1) is 0 Å². The van der Waals surface area contributed by atoms with Crippen molar-refractivity contribution in [2.45, 2.75) is 57.2 Å². The van der Waals surface area contributed by atoms with Crippen molar-refractivity contribution in [3.05, 3.63) is 28.8 Å². The number of rotatable bonds is 5. The van der Waals surface area contributed by atoms with Gasteiger partial charge in [0.2, 0.25) is 0 Å². The third-order valence-electron chi connectivity index (χ3n) is 4.37. The molecule has 1 N–H and O–H groups in total. The number of hydrogen-bond donors (Lipinski definition) is 1. The first kappa shape index (κ1) is 16.6. The van der Waals surface area contributed by atoms with E-state index in [1.54, 1.807) is 25.3 Å². The van der Waals surface area contributed by atoms with Gasteiger partial charge in [-0.3, -0.25) is 0 Å². The number of hydrogen-bond acceptors (Lipinski definition) is 3. The van der Waals surface area contributed by atoms with Crippen LogP contribution in [0.5, 0.6) is 5.75 Å². The molecule has 0 bridgehead atoms. The van der Waals surface area contributed by atoms with Gasteiger partial charge in [-0.1, -0.05) is 37.3 Å². The number of aliphatic hydroxyl groups excluding tert-OH is 1. The Bertz CT molecular complexity index is 453. The van der Waals surface area contributed by atoms with Crippen molar-refractivity contribution in [1.82, 2.24) is 0 Å². The summed E-state index contributed by atoms with van der Waals surface area (Å²) in [5, 5.41) is 11.6. The average Bonchev–Trinajstić information content (AvgIpc) is 2.73. The Balaban J connectivity index is 2.37. The van der Waals surface area contributed by atoms with Crippen LogP contribution >= 0.6 is 11.6 Å². The fourth-order valence-corrected chi connectivity index (χ4v) is 3.49. The molecule has 2 rings (SSSR count). The topological polar surface area (TPSA) is 38.7 Å². The maximum Gasteiger partial charge on any atom is 0.124 e. The quantitative estimate of drug-likeness (QED) is 0.813. The summed E-state index contributed by atoms with van der Waals surface area (Å²) in [5.41, 5.74) is 0.198. The standard InChI is InChI=1S/C17H25ClO3/c1-3-21-17(10-6-4-5-7-11-17)16(19)14-12-13(18)8-9-15(14)20-2/h8-9,12,16,19H,3-7,10-11H2,1-2H3. The van der Waals surface area contributed by atoms with Crippen molar-refractivity contribution in [3.63, 3.8) is 0 Å². The number of benzene rings is 1. The Morgan fingerprint density at radius 3 is 2.48 bits per heavy atom. The highest BCUT2D eigenvalue weighted by Gasteiger charge is 2.41. The van der Waals surface area contributed by atoms with E-state index in [0.29, 0.717) is 17.4 Å². The van der Waals surface area contributed by atoms with Gasteiger partial charge in [-0.05, 0) is 38.0 Å². The van der Waals surface area contributed by atoms with Gasteiger partial charge >= 0.3 is 0 Å². The van der Waals surface area contributed by atoms with E-state index in [1.165, 1.54) is 12.8 Å². The molecule has 1 aromatic carbocycles. The molecule has 1 saturated carbocycles. The van der Waals surface area contributed by atoms with E-state index in [4.69, 9.17) is 21.1 Å². The summed E-state index contributed by atoms with van der Waals surface area (Å²) in [5.74, 6) is 0.662. The van der Waals surface area contributed by atoms with Crippen LogP contribution in [0.3, 0.4) is 0 Å². The van der Waals surface area contributed by atoms with Gasteiger partial charge < -0.3 is 14.6 Å². The summed E-state index contributed by atoms with van der Waals surface area (Å²) in [6.07, 6.45) is 5.60. The Kier molecular flexibility index (Phi) is 5.91. The molecule has 1 atom stereocenters. The van der Waals surface area contributed by atoms with E-state index in [0.717, 1.165) is 31.2 Å². The predicted octanol–water partition coefficient (Wildman–Crippen LogP) is 4.51. The molecule has 0 aromatic heterocycles. The first-order valence-corrected chi connectivity index (χ1v) is 8.16. The highest BCUT2D eigenvalue weighted by atomic mass is 35.5. The van der Waals surface area contributed by atoms with E-state index < -0.39 is 11.7 Å². The molecule has 3 nitrogen and oxygen atoms in total. The third kappa shape index (κ3) is 3.71. The Labute approximate surface area is 132 Å². The van der Waals surface area contributed by atoms with E-state index >= 15 is 0 Å². The smallest absolute Gasteiger partial charge is 0.124 e. The highest BCUT2D eigenvalue weighted by Crippen LogP contribution is 2.43. The van der Waals surface area contributed by atoms with Crippen molar-refractivity contribution < 1.29 is 14.6 Å². The second-order valence-corrected chi connectivity index (χ2v) is 6.14. The van der Waals surface area contributed by atoms with Crippen molar-refractivity contribution in [1.29, 1.82) is 0 Å². The van der Waals surface area contributed by atoms with Crippen LogP contribution < -0.4 is 4.74 Å². The monoisotopic (exact) mass is 312 g/mol. The predicted molar refractivity (Wildman–Crippen MR) is 85.0 cm³/mol. The second-order valence-electron chi connectivity index (χ2n) is 5.70. The minimum absolute atomic E-state index is 0.525. The Hall–Kier alpha value is -0.770. The van der Waals surface area contributed by atoms with Crippen LogP contribution in [0.1, 0.15) is 57.1 Å². The summed E-state index contributed by atoms with van der Waals surface area (Å²) in [4.78, 5) is 0. The van der Waals surface area contributed by atoms with E-state index in [9.17, 15) is 5.11 Å². The Morgan fingerprint density at radius 2 is 1.90 bits per heavy atom. The summed E-state index contributed by atoms with van der Waals surface area (Å²) >= 11 is 6.10. The van der Waals surface area contributed by atoms with E-state index in [2.05, 4.69) is 0 Å². The highest BCUT2D eigenvalue weighted by molar-refractivity contribution is 6.30. The molecule has 0 heterocycles. The van der Waals surface area contributed by atoms with E-state index in [-0.39, 0.29) is 0 Å². The zero-order valence-electron chi connectivity index (χ0n) is 12.9. The maximum atomic E-state index is 11.0. The summed E-state index contributed by atoms with van der Waals surface area (Å²) in [7, 11) is 1.61. The van der Waals surface area contributed by atoms with Crippen molar-refractivity contribution in [2.75, 3.05) is 13.7 Å². The molecule has 0 amide bonds. The molecule has 0 saturated heterocycles. The molecule has 21 heavy (non-hydrogen) atoms. The van der Waals surface area contributed by atoms with Crippen molar-refractivity contribution in [2.24, 2.45) is 0 Å². The van der Waals surface area contributed by atoms with Gasteiger partial charge in [0.1, 0.15) is 11.9 Å². The fourth-order valence-electron chi connectivity index (χ4n) is 3.31. The molecule has 1 aliphatic rings.